The average molecular weight is 893 g/mol. The molecule has 0 saturated carbocycles. The highest BCUT2D eigenvalue weighted by molar-refractivity contribution is 6.24. The van der Waals surface area contributed by atoms with Crippen LogP contribution in [0, 0.1) is 0 Å². The van der Waals surface area contributed by atoms with Crippen molar-refractivity contribution in [2.45, 2.75) is 25.7 Å². The molecule has 0 radical (unpaired) electrons. The van der Waals surface area contributed by atoms with Crippen LogP contribution in [0.3, 0.4) is 0 Å². The van der Waals surface area contributed by atoms with Gasteiger partial charge in [0.05, 0.1) is 0 Å². The second kappa shape index (κ2) is 16.5. The maximum absolute atomic E-state index is 2.52. The van der Waals surface area contributed by atoms with Crippen molar-refractivity contribution < 1.29 is 0 Å². The van der Waals surface area contributed by atoms with Crippen molar-refractivity contribution >= 4 is 77.2 Å². The van der Waals surface area contributed by atoms with Crippen LogP contribution < -0.4 is 9.80 Å². The molecule has 0 amide bonds. The molecule has 2 aliphatic rings. The Morgan fingerprint density at radius 1 is 0.243 bits per heavy atom. The van der Waals surface area contributed by atoms with Crippen LogP contribution in [0.15, 0.2) is 243 Å². The molecule has 0 bridgehead atoms. The molecule has 70 heavy (non-hydrogen) atoms. The van der Waals surface area contributed by atoms with Crippen molar-refractivity contribution in [3.05, 3.63) is 265 Å². The predicted octanol–water partition coefficient (Wildman–Crippen LogP) is 18.4. The van der Waals surface area contributed by atoms with E-state index in [-0.39, 0.29) is 0 Å². The topological polar surface area (TPSA) is 6.48 Å². The summed E-state index contributed by atoms with van der Waals surface area (Å²) in [7, 11) is 0. The van der Waals surface area contributed by atoms with Gasteiger partial charge in [-0.1, -0.05) is 188 Å². The predicted molar refractivity (Wildman–Crippen MR) is 297 cm³/mol. The second-order valence-electron chi connectivity index (χ2n) is 19.1. The summed E-state index contributed by atoms with van der Waals surface area (Å²) in [5, 5.41) is 9.89. The number of nitrogens with zero attached hydrogens (tertiary/aromatic N) is 2. The first-order chi connectivity index (χ1) is 34.7. The van der Waals surface area contributed by atoms with Crippen molar-refractivity contribution in [2.75, 3.05) is 9.80 Å². The fourth-order valence-corrected chi connectivity index (χ4v) is 11.8. The zero-order valence-corrected chi connectivity index (χ0v) is 38.8. The first-order valence-corrected chi connectivity index (χ1v) is 24.7. The third-order valence-electron chi connectivity index (χ3n) is 15.2. The molecule has 14 rings (SSSR count). The Labute approximate surface area is 409 Å². The van der Waals surface area contributed by atoms with Gasteiger partial charge in [-0.15, -0.1) is 0 Å². The summed E-state index contributed by atoms with van der Waals surface area (Å²) in [5.74, 6) is 0. The van der Waals surface area contributed by atoms with E-state index < -0.39 is 0 Å². The van der Waals surface area contributed by atoms with Gasteiger partial charge in [0.2, 0.25) is 0 Å². The number of fused-ring (bicyclic) bond motifs is 8. The van der Waals surface area contributed by atoms with Crippen molar-refractivity contribution in [1.29, 1.82) is 0 Å². The number of benzene rings is 12. The van der Waals surface area contributed by atoms with Gasteiger partial charge in [-0.3, -0.25) is 0 Å². The molecule has 0 fully saturated rings. The van der Waals surface area contributed by atoms with Gasteiger partial charge in [0.1, 0.15) is 0 Å². The van der Waals surface area contributed by atoms with Gasteiger partial charge < -0.3 is 9.80 Å². The Morgan fingerprint density at radius 2 is 0.671 bits per heavy atom. The van der Waals surface area contributed by atoms with Crippen LogP contribution in [0.1, 0.15) is 22.3 Å². The normalized spacial score (nSPS) is 13.1. The molecule has 0 spiro atoms. The summed E-state index contributed by atoms with van der Waals surface area (Å²) in [5.41, 5.74) is 20.1. The van der Waals surface area contributed by atoms with Gasteiger partial charge in [0, 0.05) is 34.1 Å². The number of para-hydroxylation sites is 4. The fourth-order valence-electron chi connectivity index (χ4n) is 11.8. The maximum Gasteiger partial charge on any atom is 0.0493 e. The molecule has 0 unspecified atom stereocenters. The lowest BCUT2D eigenvalue weighted by atomic mass is 9.84. The number of rotatable bonds is 5. The summed E-state index contributed by atoms with van der Waals surface area (Å²) in [4.78, 5) is 5.03. The van der Waals surface area contributed by atoms with E-state index in [1.54, 1.807) is 0 Å². The van der Waals surface area contributed by atoms with Crippen molar-refractivity contribution in [3.63, 3.8) is 0 Å². The fraction of sp³-hybridized carbons (Fsp3) is 0.0588. The first-order valence-electron chi connectivity index (χ1n) is 24.7. The lowest BCUT2D eigenvalue weighted by Gasteiger charge is -2.29. The maximum atomic E-state index is 2.52. The van der Waals surface area contributed by atoms with E-state index in [0.29, 0.717) is 0 Å². The Hall–Kier alpha value is -8.72. The van der Waals surface area contributed by atoms with E-state index in [1.165, 1.54) is 121 Å². The minimum atomic E-state index is 0.996. The van der Waals surface area contributed by atoms with Crippen LogP contribution in [0.2, 0.25) is 0 Å². The SMILES string of the molecule is c1ccc2c(c1)CCc1ccccc1N2c1ccc2c(-c3cccc4ccccc34)c3cc(N4c5ccccc5CCc5ccccc54)ccc3c(-c3ccc(-c4ccc5ccccc5c4)cc3)c2c1. The molecule has 0 N–H and O–H groups in total. The highest BCUT2D eigenvalue weighted by Crippen LogP contribution is 2.51. The minimum Gasteiger partial charge on any atom is -0.310 e. The molecule has 2 heterocycles. The molecule has 12 aromatic carbocycles. The van der Waals surface area contributed by atoms with Crippen LogP contribution >= 0.6 is 0 Å². The van der Waals surface area contributed by atoms with Gasteiger partial charge in [-0.2, -0.15) is 0 Å². The third kappa shape index (κ3) is 6.63. The van der Waals surface area contributed by atoms with Crippen molar-refractivity contribution in [1.82, 2.24) is 0 Å². The van der Waals surface area contributed by atoms with E-state index in [0.717, 1.165) is 37.1 Å². The Morgan fingerprint density at radius 3 is 1.24 bits per heavy atom. The summed E-state index contributed by atoms with van der Waals surface area (Å²) < 4.78 is 0. The van der Waals surface area contributed by atoms with E-state index in [9.17, 15) is 0 Å². The summed E-state index contributed by atoms with van der Waals surface area (Å²) >= 11 is 0. The van der Waals surface area contributed by atoms with Crippen LogP contribution in [-0.2, 0) is 25.7 Å². The minimum absolute atomic E-state index is 0.996. The molecule has 2 nitrogen and oxygen atoms in total. The van der Waals surface area contributed by atoms with Crippen LogP contribution in [0.4, 0.5) is 34.1 Å². The van der Waals surface area contributed by atoms with Gasteiger partial charge >= 0.3 is 0 Å². The second-order valence-corrected chi connectivity index (χ2v) is 19.1. The van der Waals surface area contributed by atoms with E-state index >= 15 is 0 Å². The molecule has 0 aliphatic carbocycles. The number of hydrogen-bond donors (Lipinski definition) is 0. The van der Waals surface area contributed by atoms with Crippen LogP contribution in [0.25, 0.3) is 76.5 Å². The van der Waals surface area contributed by atoms with E-state index in [1.807, 2.05) is 0 Å². The third-order valence-corrected chi connectivity index (χ3v) is 15.2. The van der Waals surface area contributed by atoms with Crippen molar-refractivity contribution in [3.8, 4) is 33.4 Å². The highest BCUT2D eigenvalue weighted by Gasteiger charge is 2.27. The van der Waals surface area contributed by atoms with Crippen LogP contribution in [-0.4, -0.2) is 0 Å². The van der Waals surface area contributed by atoms with Crippen molar-refractivity contribution in [2.24, 2.45) is 0 Å². The smallest absolute Gasteiger partial charge is 0.0493 e. The molecule has 12 aromatic rings. The molecular formula is C68H48N2. The van der Waals surface area contributed by atoms with Gasteiger partial charge in [-0.25, -0.2) is 0 Å². The van der Waals surface area contributed by atoms with Crippen LogP contribution in [0.5, 0.6) is 0 Å². The molecular weight excluding hydrogens is 845 g/mol. The highest BCUT2D eigenvalue weighted by atomic mass is 15.2. The molecule has 0 aromatic heterocycles. The molecule has 0 saturated heterocycles. The Balaban J connectivity index is 1.08. The summed E-state index contributed by atoms with van der Waals surface area (Å²) in [6, 6.07) is 91.0. The summed E-state index contributed by atoms with van der Waals surface area (Å²) in [6.07, 6.45) is 3.99. The average Bonchev–Trinajstić information content (AvgIpc) is 3.70. The molecule has 2 aliphatic heterocycles. The number of anilines is 6. The van der Waals surface area contributed by atoms with Gasteiger partial charge in [-0.05, 0) is 179 Å². The Bertz CT molecular complexity index is 3930. The lowest BCUT2D eigenvalue weighted by Crippen LogP contribution is -2.12. The quantitative estimate of drug-likeness (QED) is 0.159. The zero-order chi connectivity index (χ0) is 46.1. The number of aryl methyl sites for hydroxylation is 4. The zero-order valence-electron chi connectivity index (χ0n) is 38.8. The standard InChI is InChI=1S/C68H48N2/c1-2-20-53-42-54(37-30-45(53)14-1)46-28-35-52(36-29-46)67-59-40-38-56(70-65-26-11-6-18-50(65)33-34-51-19-7-12-27-66(51)70)44-62(59)68(58-23-13-21-47-15-3-8-22-57(47)58)60-41-39-55(43-61(60)67)69-63-24-9-4-16-48(63)31-32-49-17-5-10-25-64(49)69/h1-30,35-44H,31-34H2. The molecule has 0 atom stereocenters. The monoisotopic (exact) mass is 892 g/mol. The lowest BCUT2D eigenvalue weighted by molar-refractivity contribution is 0.977. The molecule has 2 heteroatoms. The largest absolute Gasteiger partial charge is 0.310 e. The van der Waals surface area contributed by atoms with E-state index in [4.69, 9.17) is 0 Å². The summed E-state index contributed by atoms with van der Waals surface area (Å²) in [6.45, 7) is 0. The number of hydrogen-bond acceptors (Lipinski definition) is 2. The van der Waals surface area contributed by atoms with E-state index in [2.05, 4.69) is 252 Å². The first kappa shape index (κ1) is 40.4. The van der Waals surface area contributed by atoms with Gasteiger partial charge in [0.25, 0.3) is 0 Å². The Kier molecular flexibility index (Phi) is 9.52. The molecule has 330 valence electrons. The van der Waals surface area contributed by atoms with Gasteiger partial charge in [0.15, 0.2) is 0 Å².